The first-order chi connectivity index (χ1) is 10.3. The molecule has 3 N–H and O–H groups in total. The van der Waals surface area contributed by atoms with Crippen molar-refractivity contribution < 1.29 is 13.6 Å². The van der Waals surface area contributed by atoms with Crippen molar-refractivity contribution in [2.45, 2.75) is 6.42 Å². The summed E-state index contributed by atoms with van der Waals surface area (Å²) in [6, 6.07) is 5.34. The van der Waals surface area contributed by atoms with Gasteiger partial charge in [0.05, 0.1) is 6.54 Å². The van der Waals surface area contributed by atoms with E-state index in [-0.39, 0.29) is 6.54 Å². The minimum absolute atomic E-state index is 0.196. The predicted molar refractivity (Wildman–Crippen MR) is 75.2 cm³/mol. The third-order valence-corrected chi connectivity index (χ3v) is 2.86. The fourth-order valence-electron chi connectivity index (χ4n) is 1.95. The monoisotopic (exact) mass is 264 g/mol. The summed E-state index contributed by atoms with van der Waals surface area (Å²) in [5, 5.41) is 0.781. The number of esters is 1. The van der Waals surface area contributed by atoms with Crippen LogP contribution < -0.4 is 10.5 Å². The zero-order valence-corrected chi connectivity index (χ0v) is 10.8. The molecule has 0 saturated heterocycles. The molecule has 102 valence electrons. The molecule has 0 aliphatic carbocycles. The standard InChI is InChI=1S/C14H19N3O2/c1-17(2)7-6-10-9-16-11-4-3-5-12(14(10)11)19-13(18)8-15/h3-5,9,16H,6-8,15H2,1-2H3/i1D3. The highest BCUT2D eigenvalue weighted by Crippen LogP contribution is 2.29. The van der Waals surface area contributed by atoms with E-state index in [1.807, 2.05) is 6.07 Å². The minimum Gasteiger partial charge on any atom is -0.425 e. The second kappa shape index (κ2) is 5.86. The molecule has 1 heterocycles. The maximum Gasteiger partial charge on any atom is 0.325 e. The Morgan fingerprint density at radius 2 is 2.42 bits per heavy atom. The van der Waals surface area contributed by atoms with Crippen LogP contribution in [-0.4, -0.2) is 43.0 Å². The van der Waals surface area contributed by atoms with Gasteiger partial charge in [-0.3, -0.25) is 4.79 Å². The highest BCUT2D eigenvalue weighted by molar-refractivity contribution is 5.91. The van der Waals surface area contributed by atoms with Gasteiger partial charge in [0.15, 0.2) is 0 Å². The van der Waals surface area contributed by atoms with Crippen molar-refractivity contribution >= 4 is 16.9 Å². The normalized spacial score (nSPS) is 14.2. The number of hydrogen-bond donors (Lipinski definition) is 2. The Kier molecular flexibility index (Phi) is 3.08. The molecule has 0 radical (unpaired) electrons. The second-order valence-electron chi connectivity index (χ2n) is 4.34. The van der Waals surface area contributed by atoms with Crippen molar-refractivity contribution in [1.29, 1.82) is 0 Å². The number of nitrogens with two attached hydrogens (primary N) is 1. The first kappa shape index (κ1) is 10.00. The molecular weight excluding hydrogens is 242 g/mol. The van der Waals surface area contributed by atoms with Crippen LogP contribution in [0.2, 0.25) is 0 Å². The van der Waals surface area contributed by atoms with Gasteiger partial charge in [0.2, 0.25) is 0 Å². The number of carbonyl (C=O) groups is 1. The number of rotatable bonds is 5. The molecule has 0 amide bonds. The number of nitrogens with zero attached hydrogens (tertiary/aromatic N) is 1. The van der Waals surface area contributed by atoms with E-state index in [1.165, 1.54) is 4.90 Å². The van der Waals surface area contributed by atoms with Gasteiger partial charge in [0.25, 0.3) is 0 Å². The van der Waals surface area contributed by atoms with Gasteiger partial charge < -0.3 is 20.4 Å². The number of carbonyl (C=O) groups excluding carboxylic acids is 1. The molecule has 5 nitrogen and oxygen atoms in total. The number of aromatic nitrogens is 1. The van der Waals surface area contributed by atoms with Crippen LogP contribution in [0.1, 0.15) is 9.68 Å². The molecule has 0 unspecified atom stereocenters. The van der Waals surface area contributed by atoms with Crippen LogP contribution in [0.25, 0.3) is 10.9 Å². The fourth-order valence-corrected chi connectivity index (χ4v) is 1.95. The molecule has 2 aromatic rings. The van der Waals surface area contributed by atoms with E-state index >= 15 is 0 Å². The third-order valence-electron chi connectivity index (χ3n) is 2.86. The van der Waals surface area contributed by atoms with E-state index in [4.69, 9.17) is 14.6 Å². The Balaban J connectivity index is 2.25. The van der Waals surface area contributed by atoms with Crippen molar-refractivity contribution in [3.8, 4) is 5.75 Å². The highest BCUT2D eigenvalue weighted by Gasteiger charge is 2.12. The molecule has 0 spiro atoms. The first-order valence-electron chi connectivity index (χ1n) is 7.54. The maximum atomic E-state index is 11.4. The Morgan fingerprint density at radius 1 is 1.58 bits per heavy atom. The van der Waals surface area contributed by atoms with E-state index in [0.717, 1.165) is 16.5 Å². The summed E-state index contributed by atoms with van der Waals surface area (Å²) in [7, 11) is 1.55. The topological polar surface area (TPSA) is 71.3 Å². The van der Waals surface area contributed by atoms with Crippen LogP contribution >= 0.6 is 0 Å². The summed E-state index contributed by atoms with van der Waals surface area (Å²) >= 11 is 0. The van der Waals surface area contributed by atoms with E-state index in [0.29, 0.717) is 18.7 Å². The maximum absolute atomic E-state index is 11.4. The molecule has 0 atom stereocenters. The fraction of sp³-hybridized carbons (Fsp3) is 0.357. The van der Waals surface area contributed by atoms with Gasteiger partial charge in [-0.2, -0.15) is 0 Å². The first-order valence-corrected chi connectivity index (χ1v) is 6.04. The molecular formula is C14H19N3O2. The van der Waals surface area contributed by atoms with Crippen molar-refractivity contribution in [3.05, 3.63) is 30.0 Å². The number of likely N-dealkylation sites (N-methyl/N-ethyl adjacent to an activating group) is 1. The molecule has 19 heavy (non-hydrogen) atoms. The number of nitrogens with one attached hydrogen (secondary N) is 1. The van der Waals surface area contributed by atoms with Gasteiger partial charge in [0.1, 0.15) is 5.75 Å². The SMILES string of the molecule is [2H]C([2H])([2H])N(C)CCc1c[nH]c2cccc(OC(=O)CN)c12. The zero-order valence-electron chi connectivity index (χ0n) is 13.8. The summed E-state index contributed by atoms with van der Waals surface area (Å²) in [6.45, 7) is -1.96. The number of fused-ring (bicyclic) bond motifs is 1. The van der Waals surface area contributed by atoms with Crippen molar-refractivity contribution in [1.82, 2.24) is 9.88 Å². The van der Waals surface area contributed by atoms with Crippen LogP contribution in [0, 0.1) is 0 Å². The van der Waals surface area contributed by atoms with Gasteiger partial charge in [0, 0.05) is 27.8 Å². The van der Waals surface area contributed by atoms with Gasteiger partial charge in [-0.1, -0.05) is 6.07 Å². The predicted octanol–water partition coefficient (Wildman–Crippen LogP) is 1.14. The quantitative estimate of drug-likeness (QED) is 0.627. The van der Waals surface area contributed by atoms with Crippen LogP contribution in [0.4, 0.5) is 0 Å². The largest absolute Gasteiger partial charge is 0.425 e. The molecule has 0 saturated carbocycles. The Bertz CT molecular complexity index is 667. The lowest BCUT2D eigenvalue weighted by atomic mass is 10.1. The Hall–Kier alpha value is -1.85. The average molecular weight is 264 g/mol. The van der Waals surface area contributed by atoms with E-state index < -0.39 is 12.9 Å². The molecule has 0 aliphatic rings. The van der Waals surface area contributed by atoms with Gasteiger partial charge in [-0.25, -0.2) is 0 Å². The zero-order chi connectivity index (χ0) is 16.3. The second-order valence-corrected chi connectivity index (χ2v) is 4.34. The van der Waals surface area contributed by atoms with E-state index in [9.17, 15) is 4.79 Å². The third kappa shape index (κ3) is 3.13. The van der Waals surface area contributed by atoms with Crippen LogP contribution in [0.3, 0.4) is 0 Å². The summed E-state index contributed by atoms with van der Waals surface area (Å²) < 4.78 is 27.3. The molecule has 0 fully saturated rings. The van der Waals surface area contributed by atoms with Crippen LogP contribution in [0.15, 0.2) is 24.4 Å². The lowest BCUT2D eigenvalue weighted by Gasteiger charge is -2.10. The summed E-state index contributed by atoms with van der Waals surface area (Å²) in [4.78, 5) is 15.8. The number of benzene rings is 1. The van der Waals surface area contributed by atoms with Gasteiger partial charge in [-0.05, 0) is 38.1 Å². The van der Waals surface area contributed by atoms with E-state index in [1.54, 1.807) is 25.4 Å². The number of aromatic amines is 1. The number of hydrogen-bond acceptors (Lipinski definition) is 4. The molecule has 1 aromatic carbocycles. The molecule has 5 heteroatoms. The molecule has 0 bridgehead atoms. The highest BCUT2D eigenvalue weighted by atomic mass is 16.5. The van der Waals surface area contributed by atoms with Gasteiger partial charge in [-0.15, -0.1) is 0 Å². The Morgan fingerprint density at radius 3 is 3.16 bits per heavy atom. The van der Waals surface area contributed by atoms with Crippen LogP contribution in [0.5, 0.6) is 5.75 Å². The minimum atomic E-state index is -2.12. The van der Waals surface area contributed by atoms with Gasteiger partial charge >= 0.3 is 5.97 Å². The lowest BCUT2D eigenvalue weighted by molar-refractivity contribution is -0.132. The van der Waals surface area contributed by atoms with E-state index in [2.05, 4.69) is 4.98 Å². The van der Waals surface area contributed by atoms with Crippen LogP contribution in [-0.2, 0) is 11.2 Å². The van der Waals surface area contributed by atoms with Crippen molar-refractivity contribution in [2.24, 2.45) is 5.73 Å². The number of H-pyrrole nitrogens is 1. The average Bonchev–Trinajstić information content (AvgIpc) is 2.87. The molecule has 1 aromatic heterocycles. The summed E-state index contributed by atoms with van der Waals surface area (Å²) in [6.07, 6.45) is 2.32. The smallest absolute Gasteiger partial charge is 0.325 e. The number of ether oxygens (including phenoxy) is 1. The molecule has 2 rings (SSSR count). The summed E-state index contributed by atoms with van der Waals surface area (Å²) in [5.74, 6) is -0.0833. The Labute approximate surface area is 116 Å². The molecule has 0 aliphatic heterocycles. The lowest BCUT2D eigenvalue weighted by Crippen LogP contribution is -2.19. The van der Waals surface area contributed by atoms with Crippen molar-refractivity contribution in [3.63, 3.8) is 0 Å². The summed E-state index contributed by atoms with van der Waals surface area (Å²) in [5.41, 5.74) is 6.99. The van der Waals surface area contributed by atoms with Crippen molar-refractivity contribution in [2.75, 3.05) is 27.1 Å².